The molecule has 1 aliphatic rings. The van der Waals surface area contributed by atoms with Crippen molar-refractivity contribution in [3.63, 3.8) is 0 Å². The third-order valence-corrected chi connectivity index (χ3v) is 5.99. The number of imidazole rings is 1. The number of carbonyl (C=O) groups excluding carboxylic acids is 1. The summed E-state index contributed by atoms with van der Waals surface area (Å²) in [5.74, 6) is 2.27. The molecule has 1 amide bonds. The molecule has 1 atom stereocenters. The number of likely N-dealkylation sites (tertiary alicyclic amines) is 1. The number of benzene rings is 2. The molecule has 1 fully saturated rings. The maximum atomic E-state index is 12.4. The largest absolute Gasteiger partial charge is 0.494 e. The predicted octanol–water partition coefficient (Wildman–Crippen LogP) is 4.96. The fourth-order valence-electron chi connectivity index (χ4n) is 4.30. The average molecular weight is 418 g/mol. The van der Waals surface area contributed by atoms with Crippen molar-refractivity contribution in [1.82, 2.24) is 14.5 Å². The number of para-hydroxylation sites is 2. The van der Waals surface area contributed by atoms with Gasteiger partial charge in [-0.05, 0) is 49.1 Å². The Kier molecular flexibility index (Phi) is 6.70. The highest BCUT2D eigenvalue weighted by Crippen LogP contribution is 2.30. The summed E-state index contributed by atoms with van der Waals surface area (Å²) in [7, 11) is 0. The number of hydrogen-bond donors (Lipinski definition) is 0. The zero-order chi connectivity index (χ0) is 21.6. The molecule has 1 aliphatic heterocycles. The van der Waals surface area contributed by atoms with Crippen LogP contribution in [0.15, 0.2) is 61.2 Å². The maximum Gasteiger partial charge on any atom is 0.223 e. The first-order chi connectivity index (χ1) is 15.2. The molecule has 3 aromatic rings. The van der Waals surface area contributed by atoms with E-state index >= 15 is 0 Å². The fourth-order valence-corrected chi connectivity index (χ4v) is 4.30. The first kappa shape index (κ1) is 21.2. The van der Waals surface area contributed by atoms with Crippen molar-refractivity contribution >= 4 is 16.9 Å². The second kappa shape index (κ2) is 9.82. The van der Waals surface area contributed by atoms with Gasteiger partial charge in [-0.25, -0.2) is 4.98 Å². The van der Waals surface area contributed by atoms with Gasteiger partial charge in [0, 0.05) is 32.0 Å². The number of aromatic nitrogens is 2. The summed E-state index contributed by atoms with van der Waals surface area (Å²) in [5, 5.41) is 0. The van der Waals surface area contributed by atoms with Crippen LogP contribution in [-0.2, 0) is 17.8 Å². The Hall–Kier alpha value is -3.08. The Bertz CT molecular complexity index is 1040. The highest BCUT2D eigenvalue weighted by atomic mass is 16.5. The number of aryl methyl sites for hydroxylation is 2. The van der Waals surface area contributed by atoms with Crippen LogP contribution in [0.2, 0.25) is 0 Å². The summed E-state index contributed by atoms with van der Waals surface area (Å²) >= 11 is 0. The lowest BCUT2D eigenvalue weighted by molar-refractivity contribution is -0.127. The van der Waals surface area contributed by atoms with Gasteiger partial charge in [0.05, 0.1) is 17.6 Å². The molecule has 1 saturated heterocycles. The van der Waals surface area contributed by atoms with Crippen molar-refractivity contribution in [1.29, 1.82) is 0 Å². The van der Waals surface area contributed by atoms with Crippen LogP contribution in [-0.4, -0.2) is 40.1 Å². The Labute approximate surface area is 184 Å². The number of ether oxygens (including phenoxy) is 1. The van der Waals surface area contributed by atoms with Gasteiger partial charge in [-0.3, -0.25) is 4.79 Å². The van der Waals surface area contributed by atoms with E-state index in [2.05, 4.69) is 48.4 Å². The van der Waals surface area contributed by atoms with E-state index < -0.39 is 0 Å². The second-order valence-electron chi connectivity index (χ2n) is 8.15. The number of carbonyl (C=O) groups is 1. The van der Waals surface area contributed by atoms with Gasteiger partial charge in [-0.2, -0.15) is 0 Å². The Balaban J connectivity index is 1.40. The van der Waals surface area contributed by atoms with Crippen LogP contribution in [0.1, 0.15) is 43.5 Å². The zero-order valence-electron chi connectivity index (χ0n) is 18.3. The fraction of sp³-hybridized carbons (Fsp3) is 0.385. The summed E-state index contributed by atoms with van der Waals surface area (Å²) in [5.41, 5.74) is 3.46. The molecule has 1 aromatic heterocycles. The molecule has 4 rings (SSSR count). The van der Waals surface area contributed by atoms with E-state index in [1.165, 1.54) is 5.56 Å². The summed E-state index contributed by atoms with van der Waals surface area (Å²) in [6.07, 6.45) is 5.32. The first-order valence-electron chi connectivity index (χ1n) is 11.2. The van der Waals surface area contributed by atoms with E-state index in [0.29, 0.717) is 26.1 Å². The van der Waals surface area contributed by atoms with E-state index in [-0.39, 0.29) is 11.8 Å². The lowest BCUT2D eigenvalue weighted by Gasteiger charge is -2.15. The molecule has 2 heterocycles. The Morgan fingerprint density at radius 2 is 1.97 bits per heavy atom. The van der Waals surface area contributed by atoms with Crippen molar-refractivity contribution in [2.75, 3.05) is 19.7 Å². The van der Waals surface area contributed by atoms with Crippen LogP contribution < -0.4 is 4.74 Å². The Morgan fingerprint density at radius 1 is 1.16 bits per heavy atom. The summed E-state index contributed by atoms with van der Waals surface area (Å²) in [4.78, 5) is 19.2. The minimum Gasteiger partial charge on any atom is -0.494 e. The molecule has 5 heteroatoms. The van der Waals surface area contributed by atoms with Gasteiger partial charge in [0.15, 0.2) is 0 Å². The Morgan fingerprint density at radius 3 is 2.74 bits per heavy atom. The third-order valence-electron chi connectivity index (χ3n) is 5.99. The number of hydrogen-bond acceptors (Lipinski definition) is 3. The van der Waals surface area contributed by atoms with Crippen molar-refractivity contribution in [2.45, 2.75) is 45.1 Å². The highest BCUT2D eigenvalue weighted by molar-refractivity contribution is 5.81. The summed E-state index contributed by atoms with van der Waals surface area (Å²) in [6, 6.07) is 16.6. The van der Waals surface area contributed by atoms with Crippen LogP contribution in [0.25, 0.3) is 11.0 Å². The summed E-state index contributed by atoms with van der Waals surface area (Å²) < 4.78 is 8.22. The van der Waals surface area contributed by atoms with E-state index in [9.17, 15) is 4.79 Å². The molecule has 2 aromatic carbocycles. The van der Waals surface area contributed by atoms with Gasteiger partial charge in [0.25, 0.3) is 0 Å². The first-order valence-corrected chi connectivity index (χ1v) is 11.2. The van der Waals surface area contributed by atoms with Gasteiger partial charge in [-0.1, -0.05) is 37.3 Å². The van der Waals surface area contributed by atoms with Gasteiger partial charge < -0.3 is 14.2 Å². The molecule has 31 heavy (non-hydrogen) atoms. The quantitative estimate of drug-likeness (QED) is 0.346. The molecule has 162 valence electrons. The van der Waals surface area contributed by atoms with E-state index in [1.54, 1.807) is 6.08 Å². The lowest BCUT2D eigenvalue weighted by Crippen LogP contribution is -2.25. The second-order valence-corrected chi connectivity index (χ2v) is 8.15. The molecule has 0 N–H and O–H groups in total. The number of amides is 1. The molecule has 0 bridgehead atoms. The molecule has 5 nitrogen and oxygen atoms in total. The van der Waals surface area contributed by atoms with Crippen molar-refractivity contribution in [2.24, 2.45) is 0 Å². The number of rotatable bonds is 10. The highest BCUT2D eigenvalue weighted by Gasteiger charge is 2.33. The van der Waals surface area contributed by atoms with Crippen molar-refractivity contribution < 1.29 is 9.53 Å². The molecule has 0 spiro atoms. The average Bonchev–Trinajstić information content (AvgIpc) is 3.34. The van der Waals surface area contributed by atoms with Crippen LogP contribution in [0.5, 0.6) is 5.75 Å². The molecular weight excluding hydrogens is 386 g/mol. The van der Waals surface area contributed by atoms with Crippen LogP contribution in [0, 0.1) is 0 Å². The maximum absolute atomic E-state index is 12.4. The van der Waals surface area contributed by atoms with Crippen LogP contribution >= 0.6 is 0 Å². The standard InChI is InChI=1S/C26H31N3O2/c1-3-15-28-19-21(18-25(28)30)26-27-23-9-5-6-10-24(23)29(26)16-7-8-17-31-22-13-11-20(4-2)12-14-22/h3,5-6,9-14,21H,1,4,7-8,15-19H2,2H3/t21-/m0/s1. The molecule has 0 aliphatic carbocycles. The number of unbranched alkanes of at least 4 members (excludes halogenated alkanes) is 1. The third kappa shape index (κ3) is 4.82. The SMILES string of the molecule is C=CCN1C[C@@H](c2nc3ccccc3n2CCCCOc2ccc(CC)cc2)CC1=O. The normalized spacial score (nSPS) is 16.2. The zero-order valence-corrected chi connectivity index (χ0v) is 18.3. The minimum absolute atomic E-state index is 0.133. The molecule has 0 radical (unpaired) electrons. The van der Waals surface area contributed by atoms with E-state index in [4.69, 9.17) is 9.72 Å². The monoisotopic (exact) mass is 417 g/mol. The smallest absolute Gasteiger partial charge is 0.223 e. The van der Waals surface area contributed by atoms with Crippen LogP contribution in [0.3, 0.4) is 0 Å². The molecule has 0 saturated carbocycles. The van der Waals surface area contributed by atoms with Gasteiger partial charge in [0.2, 0.25) is 5.91 Å². The number of fused-ring (bicyclic) bond motifs is 1. The van der Waals surface area contributed by atoms with Crippen molar-refractivity contribution in [3.8, 4) is 5.75 Å². The summed E-state index contributed by atoms with van der Waals surface area (Å²) in [6.45, 7) is 8.81. The van der Waals surface area contributed by atoms with Crippen LogP contribution in [0.4, 0.5) is 0 Å². The van der Waals surface area contributed by atoms with Crippen molar-refractivity contribution in [3.05, 3.63) is 72.6 Å². The predicted molar refractivity (Wildman–Crippen MR) is 124 cm³/mol. The van der Waals surface area contributed by atoms with Gasteiger partial charge >= 0.3 is 0 Å². The minimum atomic E-state index is 0.133. The number of nitrogens with zero attached hydrogens (tertiary/aromatic N) is 3. The molecular formula is C26H31N3O2. The lowest BCUT2D eigenvalue weighted by atomic mass is 10.1. The molecule has 0 unspecified atom stereocenters. The topological polar surface area (TPSA) is 47.4 Å². The van der Waals surface area contributed by atoms with E-state index in [1.807, 2.05) is 23.1 Å². The van der Waals surface area contributed by atoms with Gasteiger partial charge in [0.1, 0.15) is 11.6 Å². The van der Waals surface area contributed by atoms with Gasteiger partial charge in [-0.15, -0.1) is 6.58 Å². The van der Waals surface area contributed by atoms with E-state index in [0.717, 1.165) is 48.4 Å².